The Hall–Kier alpha value is -1.33. The van der Waals surface area contributed by atoms with Crippen LogP contribution in [-0.2, 0) is 6.42 Å². The molecule has 0 unspecified atom stereocenters. The molecule has 0 amide bonds. The van der Waals surface area contributed by atoms with Gasteiger partial charge in [0, 0.05) is 25.7 Å². The Morgan fingerprint density at radius 3 is 2.61 bits per heavy atom. The molecule has 0 radical (unpaired) electrons. The normalized spacial score (nSPS) is 11.3. The highest BCUT2D eigenvalue weighted by atomic mass is 127. The number of H-pyrrole nitrogens is 1. The summed E-state index contributed by atoms with van der Waals surface area (Å²) in [5.74, 6) is 0. The molecular formula is C20H23IN2. The van der Waals surface area contributed by atoms with E-state index in [2.05, 4.69) is 77.8 Å². The average molecular weight is 418 g/mol. The predicted octanol–water partition coefficient (Wildman–Crippen LogP) is 5.34. The van der Waals surface area contributed by atoms with Crippen LogP contribution in [0.25, 0.3) is 22.2 Å². The fourth-order valence-corrected chi connectivity index (χ4v) is 3.74. The third-order valence-corrected chi connectivity index (χ3v) is 5.07. The topological polar surface area (TPSA) is 41.8 Å². The zero-order valence-corrected chi connectivity index (χ0v) is 15.9. The lowest BCUT2D eigenvalue weighted by Crippen LogP contribution is -1.99. The van der Waals surface area contributed by atoms with Crippen LogP contribution in [0.15, 0.2) is 36.4 Å². The highest BCUT2D eigenvalue weighted by Gasteiger charge is 2.14. The van der Waals surface area contributed by atoms with E-state index in [9.17, 15) is 0 Å². The second-order valence-electron chi connectivity index (χ2n) is 6.23. The minimum Gasteiger partial charge on any atom is -0.354 e. The second kappa shape index (κ2) is 7.05. The van der Waals surface area contributed by atoms with Crippen molar-refractivity contribution in [1.29, 1.82) is 0 Å². The molecule has 1 heterocycles. The van der Waals surface area contributed by atoms with E-state index in [1.165, 1.54) is 42.4 Å². The van der Waals surface area contributed by atoms with Crippen LogP contribution in [0.5, 0.6) is 0 Å². The Balaban J connectivity index is 2.16. The van der Waals surface area contributed by atoms with Crippen LogP contribution in [0.2, 0.25) is 0 Å². The van der Waals surface area contributed by atoms with Crippen molar-refractivity contribution in [1.82, 2.24) is 4.98 Å². The maximum Gasteiger partial charge on any atom is 0.0500 e. The number of nitrogens with two attached hydrogens (primary N) is 1. The molecule has 0 saturated heterocycles. The van der Waals surface area contributed by atoms with Gasteiger partial charge >= 0.3 is 0 Å². The van der Waals surface area contributed by atoms with E-state index < -0.39 is 0 Å². The smallest absolute Gasteiger partial charge is 0.0500 e. The number of aromatic amines is 1. The van der Waals surface area contributed by atoms with Crippen molar-refractivity contribution in [3.05, 3.63) is 56.7 Å². The lowest BCUT2D eigenvalue weighted by molar-refractivity contribution is 0.748. The summed E-state index contributed by atoms with van der Waals surface area (Å²) in [5.41, 5.74) is 13.6. The minimum absolute atomic E-state index is 0.763. The number of fused-ring (bicyclic) bond motifs is 1. The number of hydrogen-bond acceptors (Lipinski definition) is 1. The summed E-state index contributed by atoms with van der Waals surface area (Å²) < 4.78 is 1.28. The minimum atomic E-state index is 0.763. The first kappa shape index (κ1) is 16.5. The molecule has 0 aliphatic heterocycles. The molecule has 0 aliphatic rings. The van der Waals surface area contributed by atoms with Crippen LogP contribution < -0.4 is 5.73 Å². The molecule has 120 valence electrons. The standard InChI is InChI=1S/C20H23IN2/c1-13-6-8-16(14(2)11-13)20-17(5-3-4-10-22)18-12-15(21)7-9-19(18)23-20/h6-9,11-12,23H,3-5,10,22H2,1-2H3. The molecule has 0 atom stereocenters. The Morgan fingerprint density at radius 2 is 1.87 bits per heavy atom. The highest BCUT2D eigenvalue weighted by molar-refractivity contribution is 14.1. The van der Waals surface area contributed by atoms with Gasteiger partial charge in [0.25, 0.3) is 0 Å². The van der Waals surface area contributed by atoms with Crippen molar-refractivity contribution < 1.29 is 0 Å². The molecular weight excluding hydrogens is 395 g/mol. The van der Waals surface area contributed by atoms with Crippen molar-refractivity contribution in [2.24, 2.45) is 5.73 Å². The van der Waals surface area contributed by atoms with E-state index in [-0.39, 0.29) is 0 Å². The SMILES string of the molecule is Cc1ccc(-c2[nH]c3ccc(I)cc3c2CCCCN)c(C)c1. The number of halogens is 1. The van der Waals surface area contributed by atoms with E-state index in [4.69, 9.17) is 5.73 Å². The van der Waals surface area contributed by atoms with Crippen molar-refractivity contribution >= 4 is 33.5 Å². The van der Waals surface area contributed by atoms with Crippen molar-refractivity contribution in [3.8, 4) is 11.3 Å². The third kappa shape index (κ3) is 3.45. The summed E-state index contributed by atoms with van der Waals surface area (Å²) in [7, 11) is 0. The van der Waals surface area contributed by atoms with Gasteiger partial charge in [-0.25, -0.2) is 0 Å². The summed E-state index contributed by atoms with van der Waals surface area (Å²) in [5, 5.41) is 1.35. The molecule has 0 spiro atoms. The number of aromatic nitrogens is 1. The van der Waals surface area contributed by atoms with Crippen molar-refractivity contribution in [2.75, 3.05) is 6.54 Å². The summed E-state index contributed by atoms with van der Waals surface area (Å²) in [6.45, 7) is 5.10. The van der Waals surface area contributed by atoms with Gasteiger partial charge in [0.1, 0.15) is 0 Å². The monoisotopic (exact) mass is 418 g/mol. The molecule has 0 saturated carbocycles. The van der Waals surface area contributed by atoms with Crippen molar-refractivity contribution in [2.45, 2.75) is 33.1 Å². The average Bonchev–Trinajstić information content (AvgIpc) is 2.85. The maximum atomic E-state index is 5.69. The number of rotatable bonds is 5. The zero-order chi connectivity index (χ0) is 16.4. The van der Waals surface area contributed by atoms with Gasteiger partial charge in [0.15, 0.2) is 0 Å². The summed E-state index contributed by atoms with van der Waals surface area (Å²) in [4.78, 5) is 3.66. The fraction of sp³-hybridized carbons (Fsp3) is 0.300. The number of aryl methyl sites for hydroxylation is 3. The van der Waals surface area contributed by atoms with Crippen LogP contribution in [0.3, 0.4) is 0 Å². The summed E-state index contributed by atoms with van der Waals surface area (Å²) in [6, 6.07) is 13.3. The molecule has 0 aliphatic carbocycles. The van der Waals surface area contributed by atoms with Gasteiger partial charge in [-0.2, -0.15) is 0 Å². The Labute approximate surface area is 151 Å². The number of hydrogen-bond donors (Lipinski definition) is 2. The molecule has 23 heavy (non-hydrogen) atoms. The fourth-order valence-electron chi connectivity index (χ4n) is 3.25. The molecule has 1 aromatic heterocycles. The molecule has 0 fully saturated rings. The van der Waals surface area contributed by atoms with Crippen LogP contribution in [0, 0.1) is 17.4 Å². The number of unbranched alkanes of at least 4 members (excludes halogenated alkanes) is 1. The van der Waals surface area contributed by atoms with Crippen LogP contribution in [0.4, 0.5) is 0 Å². The van der Waals surface area contributed by atoms with Gasteiger partial charge in [-0.1, -0.05) is 23.8 Å². The number of benzene rings is 2. The summed E-state index contributed by atoms with van der Waals surface area (Å²) in [6.07, 6.45) is 3.27. The number of nitrogens with one attached hydrogen (secondary N) is 1. The molecule has 3 heteroatoms. The van der Waals surface area contributed by atoms with Gasteiger partial charge in [-0.05, 0) is 91.6 Å². The lowest BCUT2D eigenvalue weighted by Gasteiger charge is -2.09. The van der Waals surface area contributed by atoms with Crippen LogP contribution >= 0.6 is 22.6 Å². The van der Waals surface area contributed by atoms with Crippen LogP contribution in [0.1, 0.15) is 29.5 Å². The quantitative estimate of drug-likeness (QED) is 0.427. The molecule has 2 nitrogen and oxygen atoms in total. The summed E-state index contributed by atoms with van der Waals surface area (Å²) >= 11 is 2.39. The lowest BCUT2D eigenvalue weighted by atomic mass is 9.97. The van der Waals surface area contributed by atoms with Gasteiger partial charge in [0.2, 0.25) is 0 Å². The zero-order valence-electron chi connectivity index (χ0n) is 13.7. The van der Waals surface area contributed by atoms with Gasteiger partial charge in [-0.3, -0.25) is 0 Å². The van der Waals surface area contributed by atoms with E-state index in [0.717, 1.165) is 25.8 Å². The molecule has 0 bridgehead atoms. The first-order chi connectivity index (χ1) is 11.1. The van der Waals surface area contributed by atoms with Gasteiger partial charge < -0.3 is 10.7 Å². The van der Waals surface area contributed by atoms with E-state index in [1.807, 2.05) is 0 Å². The van der Waals surface area contributed by atoms with E-state index >= 15 is 0 Å². The van der Waals surface area contributed by atoms with Gasteiger partial charge in [-0.15, -0.1) is 0 Å². The predicted molar refractivity (Wildman–Crippen MR) is 108 cm³/mol. The van der Waals surface area contributed by atoms with Crippen LogP contribution in [-0.4, -0.2) is 11.5 Å². The Bertz CT molecular complexity index is 833. The largest absolute Gasteiger partial charge is 0.354 e. The molecule has 3 N–H and O–H groups in total. The highest BCUT2D eigenvalue weighted by Crippen LogP contribution is 2.34. The maximum absolute atomic E-state index is 5.69. The Kier molecular flexibility index (Phi) is 5.07. The van der Waals surface area contributed by atoms with Crippen molar-refractivity contribution in [3.63, 3.8) is 0 Å². The third-order valence-electron chi connectivity index (χ3n) is 4.40. The molecule has 3 aromatic rings. The second-order valence-corrected chi connectivity index (χ2v) is 7.48. The van der Waals surface area contributed by atoms with E-state index in [0.29, 0.717) is 0 Å². The molecule has 2 aromatic carbocycles. The molecule has 3 rings (SSSR count). The first-order valence-corrected chi connectivity index (χ1v) is 9.26. The Morgan fingerprint density at radius 1 is 1.04 bits per heavy atom. The first-order valence-electron chi connectivity index (χ1n) is 8.18. The van der Waals surface area contributed by atoms with E-state index in [1.54, 1.807) is 0 Å². The van der Waals surface area contributed by atoms with Gasteiger partial charge in [0.05, 0.1) is 0 Å².